The molecule has 0 aliphatic heterocycles. The van der Waals surface area contributed by atoms with E-state index in [1.165, 1.54) is 11.6 Å². The van der Waals surface area contributed by atoms with E-state index in [2.05, 4.69) is 71.0 Å². The van der Waals surface area contributed by atoms with Crippen molar-refractivity contribution in [3.8, 4) is 11.6 Å². The largest absolute Gasteiger partial charge is 0.373 e. The van der Waals surface area contributed by atoms with Gasteiger partial charge in [-0.1, -0.05) is 0 Å². The first-order valence-corrected chi connectivity index (χ1v) is 5.78. The Morgan fingerprint density at radius 1 is 0.875 bits per heavy atom. The molecule has 0 fully saturated rings. The second-order valence-electron chi connectivity index (χ2n) is 4.04. The monoisotopic (exact) mass is 220 g/mol. The van der Waals surface area contributed by atoms with Gasteiger partial charge in [-0.2, -0.15) is 0 Å². The molecule has 0 saturated carbocycles. The maximum absolute atomic E-state index is 2.27. The van der Waals surface area contributed by atoms with Crippen LogP contribution in [0.25, 0.3) is 11.6 Å². The van der Waals surface area contributed by atoms with Gasteiger partial charge in [0, 0.05) is 0 Å². The zero-order valence-electron chi connectivity index (χ0n) is 10.5. The number of aryl methyl sites for hydroxylation is 4. The molecule has 0 saturated heterocycles. The number of aromatic nitrogens is 4. The van der Waals surface area contributed by atoms with Gasteiger partial charge in [0.1, 0.15) is 24.8 Å². The Kier molecular flexibility index (Phi) is 2.81. The van der Waals surface area contributed by atoms with Crippen molar-refractivity contribution >= 4 is 0 Å². The Morgan fingerprint density at radius 2 is 1.25 bits per heavy atom. The molecule has 0 bridgehead atoms. The van der Waals surface area contributed by atoms with E-state index in [9.17, 15) is 0 Å². The third-order valence-electron chi connectivity index (χ3n) is 3.03. The SMILES string of the molecule is CCn1cc[n+](C)c1-c1n(CC)cc[n+]1C. The van der Waals surface area contributed by atoms with Crippen molar-refractivity contribution in [2.45, 2.75) is 26.9 Å². The van der Waals surface area contributed by atoms with E-state index in [-0.39, 0.29) is 0 Å². The molecule has 0 N–H and O–H groups in total. The molecule has 0 aliphatic rings. The van der Waals surface area contributed by atoms with E-state index in [0.29, 0.717) is 0 Å². The average Bonchev–Trinajstić information content (AvgIpc) is 2.81. The number of nitrogens with zero attached hydrogens (tertiary/aromatic N) is 4. The van der Waals surface area contributed by atoms with Crippen LogP contribution in [0.3, 0.4) is 0 Å². The number of rotatable bonds is 3. The molecule has 86 valence electrons. The van der Waals surface area contributed by atoms with Crippen LogP contribution in [-0.4, -0.2) is 9.13 Å². The van der Waals surface area contributed by atoms with Crippen molar-refractivity contribution in [1.82, 2.24) is 9.13 Å². The van der Waals surface area contributed by atoms with Crippen LogP contribution in [0.15, 0.2) is 24.8 Å². The van der Waals surface area contributed by atoms with Gasteiger partial charge in [-0.05, 0) is 13.8 Å². The molecule has 0 amide bonds. The summed E-state index contributed by atoms with van der Waals surface area (Å²) in [6, 6.07) is 0. The molecule has 0 aromatic carbocycles. The van der Waals surface area contributed by atoms with Crippen molar-refractivity contribution in [3.05, 3.63) is 24.8 Å². The highest BCUT2D eigenvalue weighted by Gasteiger charge is 2.28. The van der Waals surface area contributed by atoms with Crippen LogP contribution < -0.4 is 9.13 Å². The summed E-state index contributed by atoms with van der Waals surface area (Å²) >= 11 is 0. The lowest BCUT2D eigenvalue weighted by Gasteiger charge is -1.99. The van der Waals surface area contributed by atoms with Crippen LogP contribution in [-0.2, 0) is 27.2 Å². The first-order chi connectivity index (χ1) is 7.69. The normalized spacial score (nSPS) is 11.0. The van der Waals surface area contributed by atoms with Crippen LogP contribution in [0.4, 0.5) is 0 Å². The van der Waals surface area contributed by atoms with Gasteiger partial charge in [-0.3, -0.25) is 0 Å². The summed E-state index contributed by atoms with van der Waals surface area (Å²) in [7, 11) is 4.18. The lowest BCUT2D eigenvalue weighted by molar-refractivity contribution is -0.690. The number of hydrogen-bond donors (Lipinski definition) is 0. The minimum atomic E-state index is 0.991. The summed E-state index contributed by atoms with van der Waals surface area (Å²) < 4.78 is 8.87. The smallest absolute Gasteiger partial charge is 0.226 e. The Bertz CT molecular complexity index is 447. The third kappa shape index (κ3) is 1.54. The zero-order chi connectivity index (χ0) is 11.7. The molecule has 16 heavy (non-hydrogen) atoms. The fourth-order valence-electron chi connectivity index (χ4n) is 2.13. The zero-order valence-corrected chi connectivity index (χ0v) is 10.5. The van der Waals surface area contributed by atoms with E-state index >= 15 is 0 Å². The highest BCUT2D eigenvalue weighted by Crippen LogP contribution is 2.11. The second-order valence-corrected chi connectivity index (χ2v) is 4.04. The predicted molar refractivity (Wildman–Crippen MR) is 61.6 cm³/mol. The Labute approximate surface area is 96.4 Å². The Hall–Kier alpha value is -1.58. The summed E-state index contributed by atoms with van der Waals surface area (Å²) in [6.45, 7) is 6.32. The van der Waals surface area contributed by atoms with Crippen LogP contribution in [0.5, 0.6) is 0 Å². The highest BCUT2D eigenvalue weighted by atomic mass is 15.2. The van der Waals surface area contributed by atoms with E-state index in [1.54, 1.807) is 0 Å². The summed E-state index contributed by atoms with van der Waals surface area (Å²) in [5.41, 5.74) is 0. The lowest BCUT2D eigenvalue weighted by atomic mass is 10.5. The van der Waals surface area contributed by atoms with Crippen LogP contribution in [0.2, 0.25) is 0 Å². The molecule has 4 nitrogen and oxygen atoms in total. The van der Waals surface area contributed by atoms with E-state index in [4.69, 9.17) is 0 Å². The maximum atomic E-state index is 2.27. The molecule has 2 aromatic rings. The van der Waals surface area contributed by atoms with Gasteiger partial charge in [0.05, 0.1) is 27.2 Å². The summed E-state index contributed by atoms with van der Waals surface area (Å²) in [4.78, 5) is 0. The molecule has 0 spiro atoms. The van der Waals surface area contributed by atoms with Crippen molar-refractivity contribution in [2.75, 3.05) is 0 Å². The van der Waals surface area contributed by atoms with Crippen molar-refractivity contribution in [2.24, 2.45) is 14.1 Å². The average molecular weight is 220 g/mol. The van der Waals surface area contributed by atoms with Crippen LogP contribution >= 0.6 is 0 Å². The molecule has 0 aliphatic carbocycles. The molecule has 0 atom stereocenters. The Balaban J connectivity index is 2.65. The van der Waals surface area contributed by atoms with Gasteiger partial charge >= 0.3 is 11.6 Å². The fraction of sp³-hybridized carbons (Fsp3) is 0.500. The second kappa shape index (κ2) is 4.12. The van der Waals surface area contributed by atoms with Gasteiger partial charge in [0.15, 0.2) is 0 Å². The molecular weight excluding hydrogens is 200 g/mol. The third-order valence-corrected chi connectivity index (χ3v) is 3.03. The van der Waals surface area contributed by atoms with E-state index in [1.807, 2.05) is 0 Å². The van der Waals surface area contributed by atoms with Gasteiger partial charge in [-0.25, -0.2) is 18.3 Å². The number of hydrogen-bond acceptors (Lipinski definition) is 0. The van der Waals surface area contributed by atoms with Gasteiger partial charge < -0.3 is 0 Å². The Morgan fingerprint density at radius 3 is 1.56 bits per heavy atom. The first-order valence-electron chi connectivity index (χ1n) is 5.78. The van der Waals surface area contributed by atoms with Crippen molar-refractivity contribution in [3.63, 3.8) is 0 Å². The van der Waals surface area contributed by atoms with Gasteiger partial charge in [0.2, 0.25) is 0 Å². The predicted octanol–water partition coefficient (Wildman–Crippen LogP) is 0.645. The van der Waals surface area contributed by atoms with Gasteiger partial charge in [0.25, 0.3) is 0 Å². The highest BCUT2D eigenvalue weighted by molar-refractivity contribution is 5.36. The van der Waals surface area contributed by atoms with Crippen LogP contribution in [0.1, 0.15) is 13.8 Å². The summed E-state index contributed by atoms with van der Waals surface area (Å²) in [5.74, 6) is 2.49. The maximum Gasteiger partial charge on any atom is 0.373 e. The molecule has 2 aromatic heterocycles. The van der Waals surface area contributed by atoms with Crippen molar-refractivity contribution < 1.29 is 9.13 Å². The minimum absolute atomic E-state index is 0.991. The van der Waals surface area contributed by atoms with E-state index < -0.39 is 0 Å². The van der Waals surface area contributed by atoms with Crippen LogP contribution in [0, 0.1) is 0 Å². The molecular formula is C12H20N4+2. The minimum Gasteiger partial charge on any atom is -0.226 e. The molecule has 0 radical (unpaired) electrons. The standard InChI is InChI=1S/C12H20N4/c1-5-15-9-7-13(3)11(15)12-14(4)8-10-16(12)6-2/h7-10H,5-6H2,1-4H3/q+2. The molecule has 0 unspecified atom stereocenters. The first kappa shape index (κ1) is 10.9. The summed E-state index contributed by atoms with van der Waals surface area (Å²) in [6.07, 6.45) is 8.46. The fourth-order valence-corrected chi connectivity index (χ4v) is 2.13. The topological polar surface area (TPSA) is 17.6 Å². The number of imidazole rings is 2. The lowest BCUT2D eigenvalue weighted by Crippen LogP contribution is -2.38. The van der Waals surface area contributed by atoms with Gasteiger partial charge in [-0.15, -0.1) is 0 Å². The van der Waals surface area contributed by atoms with Crippen molar-refractivity contribution in [1.29, 1.82) is 0 Å². The molecule has 4 heteroatoms. The molecule has 2 rings (SSSR count). The van der Waals surface area contributed by atoms with E-state index in [0.717, 1.165) is 13.1 Å². The quantitative estimate of drug-likeness (QED) is 0.676. The summed E-state index contributed by atoms with van der Waals surface area (Å²) in [5, 5.41) is 0. The molecule has 2 heterocycles.